The molecule has 1 N–H and O–H groups in total. The molecule has 1 saturated carbocycles. The molecular weight excluding hydrogens is 304 g/mol. The third-order valence-electron chi connectivity index (χ3n) is 4.32. The normalized spacial score (nSPS) is 15.1. The SMILES string of the molecule is CC(C)n1cnnc1-c1ccccc1NC(=O)COC1CCCC1. The Bertz CT molecular complexity index is 690. The number of hydrogen-bond acceptors (Lipinski definition) is 4. The molecule has 1 aromatic heterocycles. The molecule has 0 spiro atoms. The van der Waals surface area contributed by atoms with Gasteiger partial charge in [0.05, 0.1) is 11.8 Å². The predicted octanol–water partition coefficient (Wildman–Crippen LogP) is 3.42. The molecule has 0 atom stereocenters. The smallest absolute Gasteiger partial charge is 0.250 e. The van der Waals surface area contributed by atoms with E-state index in [-0.39, 0.29) is 24.7 Å². The van der Waals surface area contributed by atoms with Crippen molar-refractivity contribution in [2.24, 2.45) is 0 Å². The van der Waals surface area contributed by atoms with Crippen LogP contribution in [0.3, 0.4) is 0 Å². The first kappa shape index (κ1) is 16.6. The van der Waals surface area contributed by atoms with E-state index in [2.05, 4.69) is 29.4 Å². The van der Waals surface area contributed by atoms with Crippen molar-refractivity contribution in [2.75, 3.05) is 11.9 Å². The van der Waals surface area contributed by atoms with Crippen molar-refractivity contribution in [3.63, 3.8) is 0 Å². The van der Waals surface area contributed by atoms with E-state index in [0.717, 1.165) is 29.9 Å². The Morgan fingerprint density at radius 2 is 2.08 bits per heavy atom. The summed E-state index contributed by atoms with van der Waals surface area (Å²) >= 11 is 0. The van der Waals surface area contributed by atoms with Gasteiger partial charge in [-0.15, -0.1) is 10.2 Å². The zero-order valence-electron chi connectivity index (χ0n) is 14.2. The van der Waals surface area contributed by atoms with Gasteiger partial charge in [-0.1, -0.05) is 25.0 Å². The highest BCUT2D eigenvalue weighted by Gasteiger charge is 2.18. The summed E-state index contributed by atoms with van der Waals surface area (Å²) in [4.78, 5) is 12.2. The van der Waals surface area contributed by atoms with Gasteiger partial charge >= 0.3 is 0 Å². The molecule has 1 heterocycles. The summed E-state index contributed by atoms with van der Waals surface area (Å²) < 4.78 is 7.67. The maximum Gasteiger partial charge on any atom is 0.250 e. The summed E-state index contributed by atoms with van der Waals surface area (Å²) in [6, 6.07) is 7.88. The number of hydrogen-bond donors (Lipinski definition) is 1. The molecule has 24 heavy (non-hydrogen) atoms. The van der Waals surface area contributed by atoms with Crippen LogP contribution in [0.5, 0.6) is 0 Å². The Balaban J connectivity index is 1.72. The van der Waals surface area contributed by atoms with Crippen molar-refractivity contribution in [3.8, 4) is 11.4 Å². The molecular formula is C18H24N4O2. The first-order valence-electron chi connectivity index (χ1n) is 8.55. The van der Waals surface area contributed by atoms with Crippen LogP contribution in [0, 0.1) is 0 Å². The highest BCUT2D eigenvalue weighted by molar-refractivity contribution is 5.95. The summed E-state index contributed by atoms with van der Waals surface area (Å²) in [7, 11) is 0. The van der Waals surface area contributed by atoms with Crippen molar-refractivity contribution in [1.82, 2.24) is 14.8 Å². The van der Waals surface area contributed by atoms with E-state index < -0.39 is 0 Å². The number of ether oxygens (including phenoxy) is 1. The molecule has 1 aliphatic carbocycles. The number of nitrogens with one attached hydrogen (secondary N) is 1. The topological polar surface area (TPSA) is 69.0 Å². The van der Waals surface area contributed by atoms with Crippen LogP contribution in [-0.4, -0.2) is 33.4 Å². The molecule has 128 valence electrons. The van der Waals surface area contributed by atoms with Crippen LogP contribution >= 0.6 is 0 Å². The van der Waals surface area contributed by atoms with Crippen molar-refractivity contribution < 1.29 is 9.53 Å². The van der Waals surface area contributed by atoms with Crippen LogP contribution in [0.4, 0.5) is 5.69 Å². The highest BCUT2D eigenvalue weighted by Crippen LogP contribution is 2.28. The largest absolute Gasteiger partial charge is 0.368 e. The van der Waals surface area contributed by atoms with Gasteiger partial charge in [0, 0.05) is 11.6 Å². The number of nitrogens with zero attached hydrogens (tertiary/aromatic N) is 3. The second kappa shape index (κ2) is 7.57. The van der Waals surface area contributed by atoms with Gasteiger partial charge in [0.15, 0.2) is 5.82 Å². The van der Waals surface area contributed by atoms with Gasteiger partial charge in [-0.2, -0.15) is 0 Å². The Kier molecular flexibility index (Phi) is 5.25. The summed E-state index contributed by atoms with van der Waals surface area (Å²) in [5.41, 5.74) is 1.59. The molecule has 0 saturated heterocycles. The van der Waals surface area contributed by atoms with Gasteiger partial charge in [-0.25, -0.2) is 0 Å². The summed E-state index contributed by atoms with van der Waals surface area (Å²) in [6.07, 6.45) is 6.44. The highest BCUT2D eigenvalue weighted by atomic mass is 16.5. The van der Waals surface area contributed by atoms with Crippen molar-refractivity contribution in [1.29, 1.82) is 0 Å². The van der Waals surface area contributed by atoms with E-state index in [1.165, 1.54) is 12.8 Å². The number of rotatable bonds is 6. The van der Waals surface area contributed by atoms with Gasteiger partial charge in [-0.3, -0.25) is 4.79 Å². The number of anilines is 1. The number of benzene rings is 1. The average molecular weight is 328 g/mol. The monoisotopic (exact) mass is 328 g/mol. The van der Waals surface area contributed by atoms with Crippen LogP contribution in [0.2, 0.25) is 0 Å². The second-order valence-electron chi connectivity index (χ2n) is 6.47. The molecule has 1 amide bonds. The Morgan fingerprint density at radius 3 is 2.83 bits per heavy atom. The number of aromatic nitrogens is 3. The molecule has 0 radical (unpaired) electrons. The lowest BCUT2D eigenvalue weighted by Gasteiger charge is -2.15. The summed E-state index contributed by atoms with van der Waals surface area (Å²) in [6.45, 7) is 4.24. The van der Waals surface area contributed by atoms with Crippen LogP contribution in [-0.2, 0) is 9.53 Å². The maximum atomic E-state index is 12.2. The standard InChI is InChI=1S/C18H24N4O2/c1-13(2)22-12-19-21-18(22)15-9-5-6-10-16(15)20-17(23)11-24-14-7-3-4-8-14/h5-6,9-10,12-14H,3-4,7-8,11H2,1-2H3,(H,20,23). The third kappa shape index (κ3) is 3.82. The first-order chi connectivity index (χ1) is 11.6. The van der Waals surface area contributed by atoms with Crippen LogP contribution in [0.1, 0.15) is 45.6 Å². The number of carbonyl (C=O) groups is 1. The quantitative estimate of drug-likeness (QED) is 0.882. The third-order valence-corrected chi connectivity index (χ3v) is 4.32. The Labute approximate surface area is 142 Å². The van der Waals surface area contributed by atoms with E-state index in [0.29, 0.717) is 0 Å². The van der Waals surface area contributed by atoms with Crippen LogP contribution in [0.25, 0.3) is 11.4 Å². The van der Waals surface area contributed by atoms with Crippen molar-refractivity contribution in [3.05, 3.63) is 30.6 Å². The average Bonchev–Trinajstić information content (AvgIpc) is 3.25. The van der Waals surface area contributed by atoms with E-state index in [1.807, 2.05) is 28.8 Å². The summed E-state index contributed by atoms with van der Waals surface area (Å²) in [5.74, 6) is 0.613. The van der Waals surface area contributed by atoms with E-state index in [4.69, 9.17) is 4.74 Å². The molecule has 1 aromatic carbocycles. The molecule has 2 aromatic rings. The van der Waals surface area contributed by atoms with Gasteiger partial charge in [0.1, 0.15) is 12.9 Å². The molecule has 0 bridgehead atoms. The Morgan fingerprint density at radius 1 is 1.33 bits per heavy atom. The minimum absolute atomic E-state index is 0.0931. The zero-order valence-corrected chi connectivity index (χ0v) is 14.2. The van der Waals surface area contributed by atoms with Gasteiger partial charge < -0.3 is 14.6 Å². The lowest BCUT2D eigenvalue weighted by Crippen LogP contribution is -2.22. The van der Waals surface area contributed by atoms with E-state index in [9.17, 15) is 4.79 Å². The lowest BCUT2D eigenvalue weighted by atomic mass is 10.1. The van der Waals surface area contributed by atoms with Crippen molar-refractivity contribution >= 4 is 11.6 Å². The van der Waals surface area contributed by atoms with Crippen LogP contribution in [0.15, 0.2) is 30.6 Å². The fourth-order valence-electron chi connectivity index (χ4n) is 3.04. The minimum atomic E-state index is -0.134. The molecule has 0 unspecified atom stereocenters. The molecule has 6 nitrogen and oxygen atoms in total. The van der Waals surface area contributed by atoms with Gasteiger partial charge in [-0.05, 0) is 38.8 Å². The number of amides is 1. The molecule has 1 fully saturated rings. The minimum Gasteiger partial charge on any atom is -0.368 e. The number of carbonyl (C=O) groups excluding carboxylic acids is 1. The maximum absolute atomic E-state index is 12.2. The molecule has 0 aliphatic heterocycles. The zero-order chi connectivity index (χ0) is 16.9. The first-order valence-corrected chi connectivity index (χ1v) is 8.55. The van der Waals surface area contributed by atoms with E-state index >= 15 is 0 Å². The van der Waals surface area contributed by atoms with Crippen LogP contribution < -0.4 is 5.32 Å². The number of para-hydroxylation sites is 1. The Hall–Kier alpha value is -2.21. The van der Waals surface area contributed by atoms with Crippen molar-refractivity contribution in [2.45, 2.75) is 51.7 Å². The molecule has 1 aliphatic rings. The second-order valence-corrected chi connectivity index (χ2v) is 6.47. The summed E-state index contributed by atoms with van der Waals surface area (Å²) in [5, 5.41) is 11.2. The fraction of sp³-hybridized carbons (Fsp3) is 0.500. The molecule has 6 heteroatoms. The van der Waals surface area contributed by atoms with Gasteiger partial charge in [0.2, 0.25) is 5.91 Å². The van der Waals surface area contributed by atoms with E-state index in [1.54, 1.807) is 6.33 Å². The predicted molar refractivity (Wildman–Crippen MR) is 92.7 cm³/mol. The fourth-order valence-corrected chi connectivity index (χ4v) is 3.04. The molecule has 3 rings (SSSR count). The van der Waals surface area contributed by atoms with Gasteiger partial charge in [0.25, 0.3) is 0 Å². The lowest BCUT2D eigenvalue weighted by molar-refractivity contribution is -0.122.